The van der Waals surface area contributed by atoms with Gasteiger partial charge in [0, 0.05) is 23.9 Å². The second-order valence-electron chi connectivity index (χ2n) is 6.59. The van der Waals surface area contributed by atoms with Gasteiger partial charge in [0.15, 0.2) is 0 Å². The number of benzene rings is 1. The average molecular weight is 412 g/mol. The van der Waals surface area contributed by atoms with E-state index in [-0.39, 0.29) is 11.6 Å². The predicted molar refractivity (Wildman–Crippen MR) is 92.1 cm³/mol. The van der Waals surface area contributed by atoms with E-state index >= 15 is 0 Å². The van der Waals surface area contributed by atoms with Crippen LogP contribution in [-0.2, 0) is 27.0 Å². The van der Waals surface area contributed by atoms with Crippen LogP contribution in [-0.4, -0.2) is 22.5 Å². The molecule has 0 aliphatic heterocycles. The van der Waals surface area contributed by atoms with Gasteiger partial charge in [-0.2, -0.15) is 13.2 Å². The Hall–Kier alpha value is -3.17. The zero-order valence-electron chi connectivity index (χ0n) is 14.9. The maximum Gasteiger partial charge on any atom is 0.417 e. The van der Waals surface area contributed by atoms with Gasteiger partial charge in [-0.3, -0.25) is 14.4 Å². The fraction of sp³-hybridized carbons (Fsp3) is 0.316. The molecule has 1 aliphatic rings. The third-order valence-corrected chi connectivity index (χ3v) is 4.19. The molecule has 1 amide bonds. The Labute approximate surface area is 162 Å². The summed E-state index contributed by atoms with van der Waals surface area (Å²) in [6, 6.07) is 5.93. The van der Waals surface area contributed by atoms with Crippen LogP contribution in [0.1, 0.15) is 30.1 Å². The van der Waals surface area contributed by atoms with Crippen molar-refractivity contribution in [1.82, 2.24) is 9.88 Å². The molecular weight excluding hydrogens is 396 g/mol. The first-order valence-electron chi connectivity index (χ1n) is 8.66. The van der Waals surface area contributed by atoms with Crippen molar-refractivity contribution in [2.45, 2.75) is 37.7 Å². The number of nitrogens with zero attached hydrogens (tertiary/aromatic N) is 1. The van der Waals surface area contributed by atoms with Crippen molar-refractivity contribution in [3.63, 3.8) is 0 Å². The summed E-state index contributed by atoms with van der Waals surface area (Å²) >= 11 is 0. The van der Waals surface area contributed by atoms with Crippen LogP contribution in [0.2, 0.25) is 0 Å². The number of nitrogens with one attached hydrogen (secondary N) is 1. The molecule has 1 aromatic carbocycles. The molecule has 1 aliphatic carbocycles. The van der Waals surface area contributed by atoms with Crippen molar-refractivity contribution in [2.24, 2.45) is 0 Å². The molecule has 0 radical (unpaired) electrons. The summed E-state index contributed by atoms with van der Waals surface area (Å²) in [6.45, 7) is -0.822. The van der Waals surface area contributed by atoms with Crippen LogP contribution in [0.25, 0.3) is 0 Å². The van der Waals surface area contributed by atoms with Crippen molar-refractivity contribution < 1.29 is 31.9 Å². The van der Waals surface area contributed by atoms with Gasteiger partial charge in [0.05, 0.1) is 5.56 Å². The number of hydrogen-bond acceptors (Lipinski definition) is 4. The van der Waals surface area contributed by atoms with Crippen molar-refractivity contribution in [2.75, 3.05) is 0 Å². The maximum atomic E-state index is 13.2. The van der Waals surface area contributed by atoms with E-state index in [9.17, 15) is 31.9 Å². The number of ether oxygens (including phenoxy) is 1. The summed E-state index contributed by atoms with van der Waals surface area (Å²) in [5.74, 6) is -2.28. The van der Waals surface area contributed by atoms with E-state index in [2.05, 4.69) is 5.32 Å². The number of amides is 1. The standard InChI is InChI=1S/C19H16F4N2O4/c20-13-4-1-11(2-5-13)17(18(28)24-14-6-7-14)29-16(27)10-25-9-12(19(21,22)23)3-8-15(25)26/h1-5,8-9,14,17H,6-7,10H2,(H,24,28). The molecule has 3 rings (SSSR count). The van der Waals surface area contributed by atoms with Gasteiger partial charge in [0.2, 0.25) is 6.10 Å². The van der Waals surface area contributed by atoms with Crippen molar-refractivity contribution >= 4 is 11.9 Å². The molecule has 10 heteroatoms. The molecule has 29 heavy (non-hydrogen) atoms. The number of alkyl halides is 3. The Balaban J connectivity index is 1.78. The topological polar surface area (TPSA) is 77.4 Å². The minimum atomic E-state index is -4.69. The molecule has 0 bridgehead atoms. The number of hydrogen-bond donors (Lipinski definition) is 1. The van der Waals surface area contributed by atoms with E-state index in [1.807, 2.05) is 0 Å². The zero-order chi connectivity index (χ0) is 21.2. The molecule has 1 atom stereocenters. The predicted octanol–water partition coefficient (Wildman–Crippen LogP) is 2.57. The van der Waals surface area contributed by atoms with Crippen LogP contribution >= 0.6 is 0 Å². The average Bonchev–Trinajstić information content (AvgIpc) is 3.45. The van der Waals surface area contributed by atoms with Gasteiger partial charge in [-0.25, -0.2) is 4.39 Å². The lowest BCUT2D eigenvalue weighted by Gasteiger charge is -2.18. The minimum absolute atomic E-state index is 0.0461. The largest absolute Gasteiger partial charge is 0.446 e. The van der Waals surface area contributed by atoms with Crippen molar-refractivity contribution in [3.8, 4) is 0 Å². The van der Waals surface area contributed by atoms with Crippen LogP contribution in [0.3, 0.4) is 0 Å². The summed E-state index contributed by atoms with van der Waals surface area (Å²) in [4.78, 5) is 36.5. The van der Waals surface area contributed by atoms with Crippen molar-refractivity contribution in [1.29, 1.82) is 0 Å². The molecule has 1 N–H and O–H groups in total. The molecule has 1 unspecified atom stereocenters. The summed E-state index contributed by atoms with van der Waals surface area (Å²) in [5.41, 5.74) is -1.75. The second-order valence-corrected chi connectivity index (χ2v) is 6.59. The van der Waals surface area contributed by atoms with Crippen LogP contribution in [0.5, 0.6) is 0 Å². The van der Waals surface area contributed by atoms with Gasteiger partial charge in [0.25, 0.3) is 11.5 Å². The van der Waals surface area contributed by atoms with E-state index < -0.39 is 47.6 Å². The number of halogens is 4. The SMILES string of the molecule is O=C(Cn1cc(C(F)(F)F)ccc1=O)OC(C(=O)NC1CC1)c1ccc(F)cc1. The van der Waals surface area contributed by atoms with Gasteiger partial charge in [0.1, 0.15) is 12.4 Å². The highest BCUT2D eigenvalue weighted by molar-refractivity contribution is 5.85. The highest BCUT2D eigenvalue weighted by atomic mass is 19.4. The zero-order valence-corrected chi connectivity index (χ0v) is 14.9. The summed E-state index contributed by atoms with van der Waals surface area (Å²) in [6.07, 6.45) is -4.07. The lowest BCUT2D eigenvalue weighted by molar-refractivity contribution is -0.157. The lowest BCUT2D eigenvalue weighted by Crippen LogP contribution is -2.35. The third kappa shape index (κ3) is 5.43. The highest BCUT2D eigenvalue weighted by Gasteiger charge is 2.32. The molecule has 1 aromatic heterocycles. The number of rotatable bonds is 6. The Morgan fingerprint density at radius 1 is 1.14 bits per heavy atom. The quantitative estimate of drug-likeness (QED) is 0.585. The van der Waals surface area contributed by atoms with Crippen LogP contribution in [0.4, 0.5) is 17.6 Å². The van der Waals surface area contributed by atoms with Crippen molar-refractivity contribution in [3.05, 3.63) is 69.9 Å². The summed E-state index contributed by atoms with van der Waals surface area (Å²) in [7, 11) is 0. The Bertz CT molecular complexity index is 965. The molecule has 2 aromatic rings. The van der Waals surface area contributed by atoms with Gasteiger partial charge in [-0.1, -0.05) is 12.1 Å². The molecule has 0 spiro atoms. The fourth-order valence-electron chi connectivity index (χ4n) is 2.55. The summed E-state index contributed by atoms with van der Waals surface area (Å²) in [5, 5.41) is 2.65. The first kappa shape index (κ1) is 20.6. The number of carbonyl (C=O) groups excluding carboxylic acids is 2. The van der Waals surface area contributed by atoms with Crippen LogP contribution in [0.15, 0.2) is 47.4 Å². The Kier molecular flexibility index (Phi) is 5.71. The van der Waals surface area contributed by atoms with Crippen LogP contribution < -0.4 is 10.9 Å². The van der Waals surface area contributed by atoms with Gasteiger partial charge in [-0.15, -0.1) is 0 Å². The van der Waals surface area contributed by atoms with E-state index in [4.69, 9.17) is 4.74 Å². The monoisotopic (exact) mass is 412 g/mol. The third-order valence-electron chi connectivity index (χ3n) is 4.19. The van der Waals surface area contributed by atoms with Crippen LogP contribution in [0, 0.1) is 5.82 Å². The number of pyridine rings is 1. The smallest absolute Gasteiger partial charge is 0.417 e. The minimum Gasteiger partial charge on any atom is -0.446 e. The maximum absolute atomic E-state index is 13.2. The van der Waals surface area contributed by atoms with E-state index in [0.717, 1.165) is 25.0 Å². The van der Waals surface area contributed by atoms with Gasteiger partial charge in [-0.05, 0) is 31.0 Å². The number of aromatic nitrogens is 1. The Morgan fingerprint density at radius 2 is 1.79 bits per heavy atom. The Morgan fingerprint density at radius 3 is 2.38 bits per heavy atom. The molecule has 154 valence electrons. The van der Waals surface area contributed by atoms with Gasteiger partial charge >= 0.3 is 12.1 Å². The highest BCUT2D eigenvalue weighted by Crippen LogP contribution is 2.28. The molecule has 0 saturated heterocycles. The molecule has 1 saturated carbocycles. The molecule has 1 heterocycles. The van der Waals surface area contributed by atoms with E-state index in [1.54, 1.807) is 0 Å². The number of esters is 1. The lowest BCUT2D eigenvalue weighted by atomic mass is 10.1. The normalized spacial score (nSPS) is 14.9. The second kappa shape index (κ2) is 8.06. The van der Waals surface area contributed by atoms with E-state index in [0.29, 0.717) is 22.9 Å². The van der Waals surface area contributed by atoms with E-state index in [1.165, 1.54) is 12.1 Å². The summed E-state index contributed by atoms with van der Waals surface area (Å²) < 4.78 is 57.3. The molecular formula is C19H16F4N2O4. The molecule has 6 nitrogen and oxygen atoms in total. The number of carbonyl (C=O) groups is 2. The van der Waals surface area contributed by atoms with Gasteiger partial charge < -0.3 is 14.6 Å². The first-order valence-corrected chi connectivity index (χ1v) is 8.66. The fourth-order valence-corrected chi connectivity index (χ4v) is 2.55. The molecule has 1 fully saturated rings. The first-order chi connectivity index (χ1) is 13.6.